The summed E-state index contributed by atoms with van der Waals surface area (Å²) in [5.41, 5.74) is 0.853. The Morgan fingerprint density at radius 3 is 2.90 bits per heavy atom. The molecule has 1 aliphatic heterocycles. The van der Waals surface area contributed by atoms with E-state index in [2.05, 4.69) is 14.8 Å². The average molecular weight is 309 g/mol. The fourth-order valence-electron chi connectivity index (χ4n) is 2.52. The SMILES string of the molecule is COC(=O)c1ccc2nc(C3CCCCS3(=O)=O)nn2c1. The number of aromatic nitrogens is 3. The molecule has 0 aliphatic carbocycles. The Labute approximate surface area is 121 Å². The number of hydrogen-bond donors (Lipinski definition) is 0. The lowest BCUT2D eigenvalue weighted by Gasteiger charge is -2.19. The Morgan fingerprint density at radius 1 is 1.38 bits per heavy atom. The smallest absolute Gasteiger partial charge is 0.339 e. The number of esters is 1. The maximum atomic E-state index is 12.1. The highest BCUT2D eigenvalue weighted by atomic mass is 32.2. The molecule has 0 N–H and O–H groups in total. The third-order valence-electron chi connectivity index (χ3n) is 3.64. The minimum absolute atomic E-state index is 0.181. The van der Waals surface area contributed by atoms with Gasteiger partial charge in [-0.1, -0.05) is 6.42 Å². The molecule has 1 atom stereocenters. The van der Waals surface area contributed by atoms with Crippen LogP contribution in [0.15, 0.2) is 18.3 Å². The van der Waals surface area contributed by atoms with Crippen LogP contribution in [0, 0.1) is 0 Å². The molecule has 2 aromatic heterocycles. The van der Waals surface area contributed by atoms with E-state index in [4.69, 9.17) is 0 Å². The molecule has 3 rings (SSSR count). The second-order valence-electron chi connectivity index (χ2n) is 5.03. The van der Waals surface area contributed by atoms with E-state index in [1.165, 1.54) is 17.8 Å². The molecule has 1 unspecified atom stereocenters. The first kappa shape index (κ1) is 14.0. The minimum Gasteiger partial charge on any atom is -0.465 e. The van der Waals surface area contributed by atoms with Gasteiger partial charge in [-0.25, -0.2) is 22.7 Å². The third kappa shape index (κ3) is 2.51. The van der Waals surface area contributed by atoms with Crippen LogP contribution in [0.2, 0.25) is 0 Å². The summed E-state index contributed by atoms with van der Waals surface area (Å²) in [6.07, 6.45) is 3.59. The van der Waals surface area contributed by atoms with E-state index in [1.807, 2.05) is 0 Å². The molecular weight excluding hydrogens is 294 g/mol. The molecule has 0 aromatic carbocycles. The Kier molecular flexibility index (Phi) is 3.40. The molecule has 1 aliphatic rings. The maximum Gasteiger partial charge on any atom is 0.339 e. The van der Waals surface area contributed by atoms with Gasteiger partial charge in [-0.2, -0.15) is 0 Å². The van der Waals surface area contributed by atoms with Gasteiger partial charge in [0.15, 0.2) is 21.3 Å². The van der Waals surface area contributed by atoms with Gasteiger partial charge in [0, 0.05) is 6.20 Å². The zero-order valence-corrected chi connectivity index (χ0v) is 12.3. The lowest BCUT2D eigenvalue weighted by atomic mass is 10.2. The van der Waals surface area contributed by atoms with Crippen LogP contribution in [0.25, 0.3) is 5.65 Å². The number of methoxy groups -OCH3 is 1. The van der Waals surface area contributed by atoms with Crippen LogP contribution in [-0.2, 0) is 14.6 Å². The molecule has 2 aromatic rings. The number of fused-ring (bicyclic) bond motifs is 1. The second-order valence-corrected chi connectivity index (χ2v) is 7.34. The van der Waals surface area contributed by atoms with E-state index in [1.54, 1.807) is 12.1 Å². The molecule has 112 valence electrons. The van der Waals surface area contributed by atoms with Gasteiger partial charge in [0.25, 0.3) is 0 Å². The molecule has 0 radical (unpaired) electrons. The number of sulfone groups is 1. The highest BCUT2D eigenvalue weighted by Crippen LogP contribution is 2.31. The average Bonchev–Trinajstić information content (AvgIpc) is 2.88. The fraction of sp³-hybridized carbons (Fsp3) is 0.462. The highest BCUT2D eigenvalue weighted by Gasteiger charge is 2.33. The van der Waals surface area contributed by atoms with E-state index < -0.39 is 21.1 Å². The molecule has 0 bridgehead atoms. The van der Waals surface area contributed by atoms with Crippen LogP contribution in [0.5, 0.6) is 0 Å². The first-order valence-electron chi connectivity index (χ1n) is 6.67. The predicted octanol–water partition coefficient (Wildman–Crippen LogP) is 1.16. The van der Waals surface area contributed by atoms with Gasteiger partial charge in [0.05, 0.1) is 18.4 Å². The molecule has 0 saturated carbocycles. The van der Waals surface area contributed by atoms with Crippen LogP contribution in [-0.4, -0.2) is 41.8 Å². The van der Waals surface area contributed by atoms with E-state index in [9.17, 15) is 13.2 Å². The fourth-order valence-corrected chi connectivity index (χ4v) is 4.36. The molecule has 1 saturated heterocycles. The third-order valence-corrected chi connectivity index (χ3v) is 5.81. The number of rotatable bonds is 2. The van der Waals surface area contributed by atoms with Crippen LogP contribution in [0.3, 0.4) is 0 Å². The number of nitrogens with zero attached hydrogens (tertiary/aromatic N) is 3. The summed E-state index contributed by atoms with van der Waals surface area (Å²) in [6, 6.07) is 3.20. The Balaban J connectivity index is 2.03. The van der Waals surface area contributed by atoms with Crippen LogP contribution in [0.4, 0.5) is 0 Å². The van der Waals surface area contributed by atoms with Crippen molar-refractivity contribution in [3.05, 3.63) is 29.7 Å². The zero-order valence-electron chi connectivity index (χ0n) is 11.5. The van der Waals surface area contributed by atoms with E-state index in [0.717, 1.165) is 6.42 Å². The van der Waals surface area contributed by atoms with Crippen molar-refractivity contribution < 1.29 is 17.9 Å². The van der Waals surface area contributed by atoms with Crippen molar-refractivity contribution in [1.29, 1.82) is 0 Å². The van der Waals surface area contributed by atoms with Crippen molar-refractivity contribution in [2.75, 3.05) is 12.9 Å². The summed E-state index contributed by atoms with van der Waals surface area (Å²) < 4.78 is 30.3. The van der Waals surface area contributed by atoms with Crippen molar-refractivity contribution >= 4 is 21.5 Å². The summed E-state index contributed by atoms with van der Waals surface area (Å²) in [5.74, 6) is 0.0108. The van der Waals surface area contributed by atoms with Gasteiger partial charge in [-0.3, -0.25) is 0 Å². The monoisotopic (exact) mass is 309 g/mol. The first-order chi connectivity index (χ1) is 10.0. The molecule has 21 heavy (non-hydrogen) atoms. The quantitative estimate of drug-likeness (QED) is 0.773. The number of carbonyl (C=O) groups excluding carboxylic acids is 1. The summed E-state index contributed by atoms with van der Waals surface area (Å²) in [4.78, 5) is 15.8. The Morgan fingerprint density at radius 2 is 2.19 bits per heavy atom. The van der Waals surface area contributed by atoms with E-state index in [-0.39, 0.29) is 5.75 Å². The molecule has 0 spiro atoms. The Hall–Kier alpha value is -1.96. The number of ether oxygens (including phenoxy) is 1. The van der Waals surface area contributed by atoms with Crippen molar-refractivity contribution in [2.45, 2.75) is 24.5 Å². The second kappa shape index (κ2) is 5.10. The summed E-state index contributed by atoms with van der Waals surface area (Å²) in [5, 5.41) is 3.58. The lowest BCUT2D eigenvalue weighted by molar-refractivity contribution is 0.0600. The van der Waals surface area contributed by atoms with E-state index in [0.29, 0.717) is 29.9 Å². The minimum atomic E-state index is -3.19. The number of pyridine rings is 1. The highest BCUT2D eigenvalue weighted by molar-refractivity contribution is 7.91. The topological polar surface area (TPSA) is 90.6 Å². The normalized spacial score (nSPS) is 21.3. The van der Waals surface area contributed by atoms with E-state index >= 15 is 0 Å². The van der Waals surface area contributed by atoms with Crippen LogP contribution >= 0.6 is 0 Å². The van der Waals surface area contributed by atoms with Gasteiger partial charge < -0.3 is 4.74 Å². The van der Waals surface area contributed by atoms with Crippen molar-refractivity contribution in [2.24, 2.45) is 0 Å². The van der Waals surface area contributed by atoms with Crippen molar-refractivity contribution in [1.82, 2.24) is 14.6 Å². The standard InChI is InChI=1S/C13H15N3O4S/c1-20-13(17)9-5-6-11-14-12(15-16(11)8-9)10-4-2-3-7-21(10,18)19/h5-6,8,10H,2-4,7H2,1H3. The predicted molar refractivity (Wildman–Crippen MR) is 74.7 cm³/mol. The summed E-state index contributed by atoms with van der Waals surface area (Å²) in [7, 11) is -1.89. The molecular formula is C13H15N3O4S. The zero-order chi connectivity index (χ0) is 15.0. The van der Waals surface area contributed by atoms with Crippen LogP contribution < -0.4 is 0 Å². The number of carbonyl (C=O) groups is 1. The molecule has 7 nitrogen and oxygen atoms in total. The molecule has 8 heteroatoms. The largest absolute Gasteiger partial charge is 0.465 e. The van der Waals surface area contributed by atoms with Crippen LogP contribution in [0.1, 0.15) is 40.7 Å². The lowest BCUT2D eigenvalue weighted by Crippen LogP contribution is -2.22. The Bertz CT molecular complexity index is 797. The first-order valence-corrected chi connectivity index (χ1v) is 8.39. The molecule has 3 heterocycles. The number of hydrogen-bond acceptors (Lipinski definition) is 6. The maximum absolute atomic E-state index is 12.1. The van der Waals surface area contributed by atoms with Gasteiger partial charge in [-0.15, -0.1) is 5.10 Å². The van der Waals surface area contributed by atoms with Gasteiger partial charge in [0.2, 0.25) is 0 Å². The van der Waals surface area contributed by atoms with Gasteiger partial charge in [0.1, 0.15) is 5.25 Å². The van der Waals surface area contributed by atoms with Gasteiger partial charge in [-0.05, 0) is 25.0 Å². The summed E-state index contributed by atoms with van der Waals surface area (Å²) >= 11 is 0. The van der Waals surface area contributed by atoms with Crippen molar-refractivity contribution in [3.63, 3.8) is 0 Å². The van der Waals surface area contributed by atoms with Gasteiger partial charge >= 0.3 is 5.97 Å². The molecule has 1 fully saturated rings. The molecule has 0 amide bonds. The summed E-state index contributed by atoms with van der Waals surface area (Å²) in [6.45, 7) is 0. The van der Waals surface area contributed by atoms with Crippen molar-refractivity contribution in [3.8, 4) is 0 Å².